The highest BCUT2D eigenvalue weighted by Crippen LogP contribution is 2.35. The number of pyridine rings is 1. The lowest BCUT2D eigenvalue weighted by Gasteiger charge is -2.23. The predicted molar refractivity (Wildman–Crippen MR) is 101 cm³/mol. The van der Waals surface area contributed by atoms with E-state index >= 15 is 0 Å². The number of hydrogen-bond donors (Lipinski definition) is 0. The van der Waals surface area contributed by atoms with Crippen molar-refractivity contribution in [1.82, 2.24) is 24.8 Å². The molecule has 3 aromatic rings. The Balaban J connectivity index is 1.33. The number of aryl methyl sites for hydroxylation is 1. The van der Waals surface area contributed by atoms with Gasteiger partial charge in [0.05, 0.1) is 11.6 Å². The first-order chi connectivity index (χ1) is 13.2. The first-order valence-electron chi connectivity index (χ1n) is 9.32. The molecule has 2 aliphatic heterocycles. The van der Waals surface area contributed by atoms with Gasteiger partial charge in [-0.2, -0.15) is 9.78 Å². The van der Waals surface area contributed by atoms with E-state index in [2.05, 4.69) is 38.0 Å². The molecule has 3 aromatic heterocycles. The van der Waals surface area contributed by atoms with Crippen molar-refractivity contribution in [3.63, 3.8) is 0 Å². The fourth-order valence-corrected chi connectivity index (χ4v) is 4.24. The summed E-state index contributed by atoms with van der Waals surface area (Å²) in [5.74, 6) is 3.96. The summed E-state index contributed by atoms with van der Waals surface area (Å²) in [5.41, 5.74) is 1.46. The number of fused-ring (bicyclic) bond motifs is 2. The standard InChI is InChI=1S/C19H20N8/c1-2-16-22-23-17-3-4-18(24-27(16)17)25-9-14-11-26(12-15(14)10-25)19-7-13(8-20)5-6-21-19/h3-7,14-15H,2,9-12H2,1H3. The lowest BCUT2D eigenvalue weighted by atomic mass is 10.0. The molecule has 0 bridgehead atoms. The third kappa shape index (κ3) is 2.67. The highest BCUT2D eigenvalue weighted by molar-refractivity contribution is 5.49. The molecule has 2 fully saturated rings. The van der Waals surface area contributed by atoms with Gasteiger partial charge in [0.1, 0.15) is 11.6 Å². The summed E-state index contributed by atoms with van der Waals surface area (Å²) in [6.07, 6.45) is 2.53. The van der Waals surface area contributed by atoms with Gasteiger partial charge in [0.25, 0.3) is 0 Å². The van der Waals surface area contributed by atoms with E-state index in [1.54, 1.807) is 12.3 Å². The molecule has 8 nitrogen and oxygen atoms in total. The van der Waals surface area contributed by atoms with E-state index in [0.717, 1.165) is 55.7 Å². The second-order valence-electron chi connectivity index (χ2n) is 7.28. The molecule has 0 spiro atoms. The Bertz CT molecular complexity index is 1020. The van der Waals surface area contributed by atoms with Crippen LogP contribution < -0.4 is 9.80 Å². The van der Waals surface area contributed by atoms with Gasteiger partial charge < -0.3 is 9.80 Å². The molecule has 5 rings (SSSR count). The van der Waals surface area contributed by atoms with Crippen LogP contribution in [0.4, 0.5) is 11.6 Å². The van der Waals surface area contributed by atoms with Gasteiger partial charge in [-0.3, -0.25) is 0 Å². The molecule has 0 N–H and O–H groups in total. The minimum absolute atomic E-state index is 0.585. The number of aromatic nitrogens is 5. The Hall–Kier alpha value is -3.21. The van der Waals surface area contributed by atoms with Crippen molar-refractivity contribution in [2.75, 3.05) is 36.0 Å². The van der Waals surface area contributed by atoms with Crippen molar-refractivity contribution in [3.05, 3.63) is 41.9 Å². The third-order valence-electron chi connectivity index (χ3n) is 5.64. The summed E-state index contributed by atoms with van der Waals surface area (Å²) in [6.45, 7) is 5.98. The number of hydrogen-bond acceptors (Lipinski definition) is 7. The van der Waals surface area contributed by atoms with Gasteiger partial charge in [0.15, 0.2) is 11.5 Å². The van der Waals surface area contributed by atoms with E-state index in [0.29, 0.717) is 17.4 Å². The quantitative estimate of drug-likeness (QED) is 0.700. The second kappa shape index (κ2) is 6.20. The molecular weight excluding hydrogens is 340 g/mol. The van der Waals surface area contributed by atoms with E-state index in [9.17, 15) is 0 Å². The topological polar surface area (TPSA) is 86.2 Å². The van der Waals surface area contributed by atoms with Crippen LogP contribution in [0.1, 0.15) is 18.3 Å². The van der Waals surface area contributed by atoms with Crippen LogP contribution in [-0.2, 0) is 6.42 Å². The zero-order chi connectivity index (χ0) is 18.4. The molecule has 2 atom stereocenters. The summed E-state index contributed by atoms with van der Waals surface area (Å²) in [6, 6.07) is 9.86. The van der Waals surface area contributed by atoms with Gasteiger partial charge in [-0.05, 0) is 24.3 Å². The predicted octanol–water partition coefficient (Wildman–Crippen LogP) is 1.53. The van der Waals surface area contributed by atoms with Crippen LogP contribution in [0.25, 0.3) is 5.65 Å². The number of anilines is 2. The molecule has 0 saturated carbocycles. The molecule has 136 valence electrons. The maximum absolute atomic E-state index is 9.10. The van der Waals surface area contributed by atoms with Crippen LogP contribution >= 0.6 is 0 Å². The summed E-state index contributed by atoms with van der Waals surface area (Å²) in [7, 11) is 0. The minimum Gasteiger partial charge on any atom is -0.356 e. The van der Waals surface area contributed by atoms with Gasteiger partial charge in [-0.25, -0.2) is 4.98 Å². The van der Waals surface area contributed by atoms with Crippen LogP contribution in [0, 0.1) is 23.2 Å². The van der Waals surface area contributed by atoms with Gasteiger partial charge >= 0.3 is 0 Å². The van der Waals surface area contributed by atoms with Crippen LogP contribution in [0.2, 0.25) is 0 Å². The van der Waals surface area contributed by atoms with Crippen LogP contribution in [0.3, 0.4) is 0 Å². The Kier molecular flexibility index (Phi) is 3.67. The molecule has 2 aliphatic rings. The van der Waals surface area contributed by atoms with Crippen molar-refractivity contribution >= 4 is 17.3 Å². The van der Waals surface area contributed by atoms with Gasteiger partial charge in [0.2, 0.25) is 0 Å². The first-order valence-corrected chi connectivity index (χ1v) is 9.32. The smallest absolute Gasteiger partial charge is 0.178 e. The lowest BCUT2D eigenvalue weighted by molar-refractivity contribution is 0.533. The van der Waals surface area contributed by atoms with E-state index in [1.807, 2.05) is 22.7 Å². The molecule has 2 unspecified atom stereocenters. The van der Waals surface area contributed by atoms with Crippen LogP contribution in [0.5, 0.6) is 0 Å². The van der Waals surface area contributed by atoms with E-state index in [4.69, 9.17) is 10.4 Å². The monoisotopic (exact) mass is 360 g/mol. The molecule has 0 aromatic carbocycles. The van der Waals surface area contributed by atoms with E-state index in [-0.39, 0.29) is 0 Å². The summed E-state index contributed by atoms with van der Waals surface area (Å²) >= 11 is 0. The Labute approximate surface area is 157 Å². The number of nitriles is 1. The summed E-state index contributed by atoms with van der Waals surface area (Å²) in [4.78, 5) is 9.12. The van der Waals surface area contributed by atoms with E-state index in [1.165, 1.54) is 0 Å². The number of rotatable bonds is 3. The van der Waals surface area contributed by atoms with Gasteiger partial charge in [-0.1, -0.05) is 6.92 Å². The fraction of sp³-hybridized carbons (Fsp3) is 0.421. The molecule has 0 aliphatic carbocycles. The first kappa shape index (κ1) is 16.0. The highest BCUT2D eigenvalue weighted by atomic mass is 15.4. The van der Waals surface area contributed by atoms with Crippen molar-refractivity contribution in [2.45, 2.75) is 13.3 Å². The van der Waals surface area contributed by atoms with Crippen LogP contribution in [-0.4, -0.2) is 51.0 Å². The molecule has 27 heavy (non-hydrogen) atoms. The average Bonchev–Trinajstić information content (AvgIpc) is 3.40. The Morgan fingerprint density at radius 1 is 1.04 bits per heavy atom. The fourth-order valence-electron chi connectivity index (χ4n) is 4.24. The molecule has 2 saturated heterocycles. The summed E-state index contributed by atoms with van der Waals surface area (Å²) in [5, 5.41) is 22.2. The molecule has 0 amide bonds. The normalized spacial score (nSPS) is 21.6. The van der Waals surface area contributed by atoms with Crippen molar-refractivity contribution in [1.29, 1.82) is 5.26 Å². The van der Waals surface area contributed by atoms with Crippen LogP contribution in [0.15, 0.2) is 30.5 Å². The maximum Gasteiger partial charge on any atom is 0.178 e. The number of nitrogens with zero attached hydrogens (tertiary/aromatic N) is 8. The van der Waals surface area contributed by atoms with E-state index < -0.39 is 0 Å². The Morgan fingerprint density at radius 2 is 1.78 bits per heavy atom. The van der Waals surface area contributed by atoms with Gasteiger partial charge in [-0.15, -0.1) is 15.3 Å². The van der Waals surface area contributed by atoms with Crippen molar-refractivity contribution in [3.8, 4) is 6.07 Å². The Morgan fingerprint density at radius 3 is 2.48 bits per heavy atom. The average molecular weight is 360 g/mol. The molecule has 8 heteroatoms. The largest absolute Gasteiger partial charge is 0.356 e. The van der Waals surface area contributed by atoms with Crippen molar-refractivity contribution < 1.29 is 0 Å². The molecule has 5 heterocycles. The SMILES string of the molecule is CCc1nnc2ccc(N3CC4CN(c5cc(C#N)ccn5)CC4C3)nn12. The minimum atomic E-state index is 0.585. The highest BCUT2D eigenvalue weighted by Gasteiger charge is 2.41. The zero-order valence-electron chi connectivity index (χ0n) is 15.2. The molecular formula is C19H20N8. The zero-order valence-corrected chi connectivity index (χ0v) is 15.2. The van der Waals surface area contributed by atoms with Gasteiger partial charge in [0, 0.05) is 50.6 Å². The van der Waals surface area contributed by atoms with Crippen molar-refractivity contribution in [2.24, 2.45) is 11.8 Å². The second-order valence-corrected chi connectivity index (χ2v) is 7.28. The lowest BCUT2D eigenvalue weighted by Crippen LogP contribution is -2.30. The maximum atomic E-state index is 9.10. The summed E-state index contributed by atoms with van der Waals surface area (Å²) < 4.78 is 1.85. The molecule has 0 radical (unpaired) electrons. The third-order valence-corrected chi connectivity index (χ3v) is 5.64.